The number of imidazole rings is 2. The number of esters is 1. The van der Waals surface area contributed by atoms with Crippen LogP contribution in [-0.2, 0) is 49.6 Å². The second-order valence-corrected chi connectivity index (χ2v) is 12.6. The van der Waals surface area contributed by atoms with Crippen molar-refractivity contribution in [2.45, 2.75) is 12.8 Å². The summed E-state index contributed by atoms with van der Waals surface area (Å²) in [6.45, 7) is 0.0650. The molecule has 21 nitrogen and oxygen atoms in total. The maximum Gasteiger partial charge on any atom is 0.354 e. The first-order valence-electron chi connectivity index (χ1n) is 17.0. The van der Waals surface area contributed by atoms with E-state index < -0.39 is 35.5 Å². The van der Waals surface area contributed by atoms with Gasteiger partial charge in [-0.1, -0.05) is 0 Å². The molecule has 0 unspecified atom stereocenters. The molecule has 21 heteroatoms. The number of anilines is 4. The zero-order valence-electron chi connectivity index (χ0n) is 31.4. The van der Waals surface area contributed by atoms with E-state index in [1.165, 1.54) is 56.1 Å². The summed E-state index contributed by atoms with van der Waals surface area (Å²) in [7, 11) is 9.39. The Morgan fingerprint density at radius 2 is 1.04 bits per heavy atom. The van der Waals surface area contributed by atoms with E-state index in [0.717, 1.165) is 0 Å². The van der Waals surface area contributed by atoms with E-state index in [9.17, 15) is 33.6 Å². The summed E-state index contributed by atoms with van der Waals surface area (Å²) >= 11 is 0. The summed E-state index contributed by atoms with van der Waals surface area (Å²) in [6.07, 6.45) is 7.60. The Morgan fingerprint density at radius 1 is 0.571 bits per heavy atom. The number of aryl methyl sites for hydroxylation is 5. The molecule has 0 aliphatic rings. The lowest BCUT2D eigenvalue weighted by atomic mass is 10.3. The van der Waals surface area contributed by atoms with Crippen molar-refractivity contribution in [1.82, 2.24) is 43.4 Å². The zero-order chi connectivity index (χ0) is 40.7. The fourth-order valence-corrected chi connectivity index (χ4v) is 5.52. The molecule has 5 rings (SSSR count). The van der Waals surface area contributed by atoms with E-state index in [-0.39, 0.29) is 66.5 Å². The van der Waals surface area contributed by atoms with Gasteiger partial charge in [0.15, 0.2) is 11.6 Å². The van der Waals surface area contributed by atoms with Gasteiger partial charge in [-0.25, -0.2) is 14.8 Å². The average Bonchev–Trinajstić information content (AvgIpc) is 3.97. The Hall–Kier alpha value is -7.45. The van der Waals surface area contributed by atoms with Gasteiger partial charge in [0.2, 0.25) is 23.5 Å². The smallest absolute Gasteiger partial charge is 0.354 e. The van der Waals surface area contributed by atoms with Crippen molar-refractivity contribution >= 4 is 64.4 Å². The molecule has 0 aliphatic heterocycles. The molecule has 0 aliphatic carbocycles. The van der Waals surface area contributed by atoms with Crippen molar-refractivity contribution in [2.24, 2.45) is 35.2 Å². The normalized spacial score (nSPS) is 10.8. The Kier molecular flexibility index (Phi) is 12.2. The second-order valence-electron chi connectivity index (χ2n) is 12.6. The molecule has 5 aromatic heterocycles. The molecule has 0 saturated heterocycles. The highest BCUT2D eigenvalue weighted by molar-refractivity contribution is 6.04. The number of carbonyl (C=O) groups excluding carboxylic acids is 7. The first kappa shape index (κ1) is 39.8. The van der Waals surface area contributed by atoms with E-state index in [0.29, 0.717) is 17.1 Å². The molecule has 0 spiro atoms. The van der Waals surface area contributed by atoms with Gasteiger partial charge in [0, 0.05) is 92.2 Å². The number of aromatic nitrogens is 7. The molecule has 294 valence electrons. The highest BCUT2D eigenvalue weighted by Gasteiger charge is 2.21. The Morgan fingerprint density at radius 3 is 1.50 bits per heavy atom. The molecule has 0 atom stereocenters. The van der Waals surface area contributed by atoms with Gasteiger partial charge in [-0.2, -0.15) is 0 Å². The molecular weight excluding hydrogens is 730 g/mol. The van der Waals surface area contributed by atoms with Gasteiger partial charge in [0.1, 0.15) is 17.1 Å². The van der Waals surface area contributed by atoms with Crippen LogP contribution in [0.1, 0.15) is 65.5 Å². The van der Waals surface area contributed by atoms with Crippen LogP contribution in [0.2, 0.25) is 0 Å². The number of carbonyl (C=O) groups is 7. The summed E-state index contributed by atoms with van der Waals surface area (Å²) in [5.41, 5.74) is 1.55. The van der Waals surface area contributed by atoms with Crippen LogP contribution in [-0.4, -0.2) is 94.4 Å². The number of nitrogens with one attached hydrogen (secondary N) is 6. The average molecular weight is 772 g/mol. The van der Waals surface area contributed by atoms with E-state index in [2.05, 4.69) is 41.9 Å². The largest absolute Gasteiger partial charge is 0.464 e. The first-order chi connectivity index (χ1) is 26.6. The lowest BCUT2D eigenvalue weighted by Crippen LogP contribution is -2.29. The highest BCUT2D eigenvalue weighted by atomic mass is 16.5. The fourth-order valence-electron chi connectivity index (χ4n) is 5.52. The van der Waals surface area contributed by atoms with Gasteiger partial charge in [-0.05, 0) is 24.3 Å². The first-order valence-corrected chi connectivity index (χ1v) is 17.0. The maximum absolute atomic E-state index is 13.0. The second kappa shape index (κ2) is 17.1. The van der Waals surface area contributed by atoms with E-state index >= 15 is 0 Å². The van der Waals surface area contributed by atoms with Gasteiger partial charge in [-0.15, -0.1) is 0 Å². The number of hydrogen-bond donors (Lipinski definition) is 6. The maximum atomic E-state index is 13.0. The van der Waals surface area contributed by atoms with Gasteiger partial charge in [0.05, 0.1) is 18.5 Å². The van der Waals surface area contributed by atoms with Gasteiger partial charge >= 0.3 is 5.97 Å². The third-order valence-electron chi connectivity index (χ3n) is 8.30. The molecule has 5 aromatic rings. The summed E-state index contributed by atoms with van der Waals surface area (Å²) in [5, 5.41) is 15.9. The van der Waals surface area contributed by atoms with Crippen LogP contribution in [0.3, 0.4) is 0 Å². The molecule has 0 bridgehead atoms. The Labute approximate surface area is 319 Å². The molecule has 6 N–H and O–H groups in total. The minimum Gasteiger partial charge on any atom is -0.464 e. The Bertz CT molecular complexity index is 2320. The molecule has 0 aromatic carbocycles. The Balaban J connectivity index is 1.06. The summed E-state index contributed by atoms with van der Waals surface area (Å²) in [5.74, 6) is -3.18. The summed E-state index contributed by atoms with van der Waals surface area (Å²) < 4.78 is 12.2. The summed E-state index contributed by atoms with van der Waals surface area (Å²) in [4.78, 5) is 96.3. The minimum atomic E-state index is -0.597. The number of ether oxygens (including phenoxy) is 1. The van der Waals surface area contributed by atoms with E-state index in [4.69, 9.17) is 4.74 Å². The van der Waals surface area contributed by atoms with E-state index in [1.54, 1.807) is 64.3 Å². The van der Waals surface area contributed by atoms with Crippen molar-refractivity contribution in [3.63, 3.8) is 0 Å². The van der Waals surface area contributed by atoms with Gasteiger partial charge in [-0.3, -0.25) is 28.8 Å². The molecular formula is C35H41N13O8. The number of hydrogen-bond acceptors (Lipinski definition) is 10. The number of rotatable bonds is 15. The van der Waals surface area contributed by atoms with Crippen molar-refractivity contribution < 1.29 is 38.3 Å². The zero-order valence-corrected chi connectivity index (χ0v) is 31.4. The van der Waals surface area contributed by atoms with Crippen LogP contribution in [0.5, 0.6) is 0 Å². The molecule has 0 fully saturated rings. The SMILES string of the molecule is COC(=O)c1cc(NC(=O)c2nc(NC(=O)CCNC(=O)c3cc(NC(=O)c4nc(NC(=O)CCNC(=O)c5cccn5C)cn4C)cn3C)cn2C)cn1C. The van der Waals surface area contributed by atoms with Crippen LogP contribution in [0.25, 0.3) is 0 Å². The van der Waals surface area contributed by atoms with Crippen LogP contribution in [0.4, 0.5) is 23.0 Å². The third-order valence-corrected chi connectivity index (χ3v) is 8.30. The van der Waals surface area contributed by atoms with E-state index in [1.807, 2.05) is 0 Å². The quantitative estimate of drug-likeness (QED) is 0.0823. The number of nitrogens with zero attached hydrogens (tertiary/aromatic N) is 7. The van der Waals surface area contributed by atoms with Crippen LogP contribution in [0, 0.1) is 0 Å². The van der Waals surface area contributed by atoms with Crippen LogP contribution < -0.4 is 31.9 Å². The minimum absolute atomic E-state index is 0.00287. The van der Waals surface area contributed by atoms with Gasteiger partial charge in [0.25, 0.3) is 23.6 Å². The topological polar surface area (TPSA) is 251 Å². The number of methoxy groups -OCH3 is 1. The van der Waals surface area contributed by atoms with Crippen LogP contribution in [0.15, 0.2) is 55.2 Å². The lowest BCUT2D eigenvalue weighted by Gasteiger charge is -2.06. The molecule has 6 amide bonds. The fraction of sp³-hybridized carbons (Fsp3) is 0.286. The highest BCUT2D eigenvalue weighted by Crippen LogP contribution is 2.17. The summed E-state index contributed by atoms with van der Waals surface area (Å²) in [6, 6.07) is 6.31. The molecule has 56 heavy (non-hydrogen) atoms. The van der Waals surface area contributed by atoms with Crippen molar-refractivity contribution in [3.05, 3.63) is 84.0 Å². The van der Waals surface area contributed by atoms with Crippen molar-refractivity contribution in [2.75, 3.05) is 41.5 Å². The van der Waals surface area contributed by atoms with Crippen molar-refractivity contribution in [1.29, 1.82) is 0 Å². The molecule has 0 saturated carbocycles. The molecule has 0 radical (unpaired) electrons. The monoisotopic (exact) mass is 771 g/mol. The lowest BCUT2D eigenvalue weighted by molar-refractivity contribution is -0.116. The predicted octanol–water partition coefficient (Wildman–Crippen LogP) is 0.978. The predicted molar refractivity (Wildman–Crippen MR) is 201 cm³/mol. The third kappa shape index (κ3) is 9.55. The van der Waals surface area contributed by atoms with Gasteiger partial charge < -0.3 is 59.5 Å². The van der Waals surface area contributed by atoms with Crippen molar-refractivity contribution in [3.8, 4) is 0 Å². The van der Waals surface area contributed by atoms with Crippen LogP contribution >= 0.6 is 0 Å². The molecule has 5 heterocycles. The standard InChI is InChI=1S/C35H41N13O8/c1-44-13-7-8-22(44)31(51)36-11-9-27(49)40-25-18-47(4)29(42-25)33(53)38-20-14-23(45(2)16-20)32(52)37-12-10-28(50)41-26-19-48(5)30(43-26)34(54)39-21-15-24(35(55)56-6)46(3)17-21/h7-8,13-19H,9-12H2,1-6H3,(H,36,51)(H,37,52)(H,38,53)(H,39,54)(H,40,49)(H,41,50). The number of amides is 6.